The van der Waals surface area contributed by atoms with Gasteiger partial charge in [0.2, 0.25) is 59.1 Å². The number of carbonyl (C=O) groups is 12. The zero-order valence-corrected chi connectivity index (χ0v) is 56.4. The fourth-order valence-corrected chi connectivity index (χ4v) is 9.06. The number of aliphatic imine (C=N–C) groups is 2. The van der Waals surface area contributed by atoms with Gasteiger partial charge in [0.1, 0.15) is 42.5 Å². The second-order valence-electron chi connectivity index (χ2n) is 23.7. The lowest BCUT2D eigenvalue weighted by Crippen LogP contribution is -2.61. The number of ether oxygens (including phenoxy) is 1. The topological polar surface area (TPSA) is 692 Å². The molecule has 40 heteroatoms. The van der Waals surface area contributed by atoms with E-state index in [0.717, 1.165) is 7.11 Å². The number of primary amides is 1. The number of nitrogens with one attached hydrogen (secondary N) is 12. The number of carbonyl (C=O) groups excluding carboxylic acids is 11. The summed E-state index contributed by atoms with van der Waals surface area (Å²) in [6, 6.07) is -15.5. The van der Waals surface area contributed by atoms with Crippen LogP contribution in [0.25, 0.3) is 0 Å². The van der Waals surface area contributed by atoms with Crippen LogP contribution < -0.4 is 110 Å². The molecule has 556 valence electrons. The van der Waals surface area contributed by atoms with Crippen LogP contribution in [0.3, 0.4) is 0 Å². The maximum atomic E-state index is 14.3. The zero-order valence-electron chi connectivity index (χ0n) is 56.4. The fourth-order valence-electron chi connectivity index (χ4n) is 9.06. The molecule has 0 heterocycles. The van der Waals surface area contributed by atoms with E-state index in [2.05, 4.69) is 78.5 Å². The number of rotatable bonds is 52. The van der Waals surface area contributed by atoms with E-state index in [-0.39, 0.29) is 102 Å². The molecule has 10 amide bonds. The summed E-state index contributed by atoms with van der Waals surface area (Å²) in [5, 5.41) is 83.1. The van der Waals surface area contributed by atoms with Crippen LogP contribution in [0.15, 0.2) is 9.98 Å². The molecule has 0 aromatic rings. The number of unbranched alkanes of at least 4 members (excludes halogenated alkanes) is 1. The second kappa shape index (κ2) is 48.5. The summed E-state index contributed by atoms with van der Waals surface area (Å²) in [4.78, 5) is 166. The van der Waals surface area contributed by atoms with Gasteiger partial charge >= 0.3 is 11.9 Å². The van der Waals surface area contributed by atoms with Crippen LogP contribution >= 0.6 is 0 Å². The molecule has 0 radical (unpaired) electrons. The Kier molecular flexibility index (Phi) is 44.4. The number of nitrogens with two attached hydrogens (primary N) is 8. The summed E-state index contributed by atoms with van der Waals surface area (Å²) in [6.07, 6.45) is -5.24. The van der Waals surface area contributed by atoms with Gasteiger partial charge in [-0.15, -0.1) is 0 Å². The Bertz CT molecular complexity index is 2560. The summed E-state index contributed by atoms with van der Waals surface area (Å²) in [7, 11) is 1.12. The molecule has 40 nitrogen and oxygen atoms in total. The van der Waals surface area contributed by atoms with Crippen LogP contribution in [0.4, 0.5) is 0 Å². The number of amides is 10. The van der Waals surface area contributed by atoms with Crippen molar-refractivity contribution in [1.29, 1.82) is 0 Å². The quantitative estimate of drug-likeness (QED) is 0.00884. The summed E-state index contributed by atoms with van der Waals surface area (Å²) in [5.74, 6) is -11.7. The first-order valence-corrected chi connectivity index (χ1v) is 31.9. The lowest BCUT2D eigenvalue weighted by Gasteiger charge is -2.29. The highest BCUT2D eigenvalue weighted by Crippen LogP contribution is 2.12. The number of esters is 1. The smallest absolute Gasteiger partial charge is 0.307 e. The number of hydrogen-bond donors (Lipinski definition) is 25. The molecular weight excluding hydrogens is 1280 g/mol. The van der Waals surface area contributed by atoms with Crippen molar-refractivity contribution in [3.05, 3.63) is 0 Å². The van der Waals surface area contributed by atoms with Crippen LogP contribution in [0, 0.1) is 5.92 Å². The molecule has 0 aromatic carbocycles. The number of methoxy groups -OCH3 is 1. The lowest BCUT2D eigenvalue weighted by atomic mass is 10.0. The fraction of sp³-hybridized carbons (Fsp3) is 0.754. The van der Waals surface area contributed by atoms with E-state index < -0.39 is 194 Å². The summed E-state index contributed by atoms with van der Waals surface area (Å²) >= 11 is 0. The maximum Gasteiger partial charge on any atom is 0.307 e. The first-order valence-electron chi connectivity index (χ1n) is 31.9. The predicted molar refractivity (Wildman–Crippen MR) is 353 cm³/mol. The van der Waals surface area contributed by atoms with Gasteiger partial charge in [0.25, 0.3) is 0 Å². The predicted octanol–water partition coefficient (Wildman–Crippen LogP) is -11.2. The van der Waals surface area contributed by atoms with Crippen LogP contribution in [0.1, 0.15) is 119 Å². The Balaban J connectivity index is 6.53. The molecule has 33 N–H and O–H groups in total. The average Bonchev–Trinajstić information content (AvgIpc) is 0.976. The molecule has 0 saturated carbocycles. The minimum atomic E-state index is -1.65. The Labute approximate surface area is 563 Å². The van der Waals surface area contributed by atoms with Crippen LogP contribution in [-0.2, 0) is 62.3 Å². The summed E-state index contributed by atoms with van der Waals surface area (Å²) in [5.41, 5.74) is 44.5. The van der Waals surface area contributed by atoms with Crippen molar-refractivity contribution < 1.29 is 87.8 Å². The Hall–Kier alpha value is -8.22. The van der Waals surface area contributed by atoms with Crippen molar-refractivity contribution in [1.82, 2.24) is 63.8 Å². The van der Waals surface area contributed by atoms with Gasteiger partial charge in [-0.05, 0) is 111 Å². The molecule has 97 heavy (non-hydrogen) atoms. The highest BCUT2D eigenvalue weighted by molar-refractivity contribution is 5.97. The molecule has 0 rings (SSSR count). The summed E-state index contributed by atoms with van der Waals surface area (Å²) < 4.78 is 4.58. The van der Waals surface area contributed by atoms with Gasteiger partial charge < -0.3 is 135 Å². The number of aliphatic hydroxyl groups excluding tert-OH is 4. The first-order chi connectivity index (χ1) is 45.5. The molecule has 15 unspecified atom stereocenters. The molecule has 0 aromatic heterocycles. The van der Waals surface area contributed by atoms with E-state index in [0.29, 0.717) is 12.8 Å². The number of carboxylic acids is 1. The van der Waals surface area contributed by atoms with Gasteiger partial charge in [0.05, 0.1) is 69.1 Å². The SMILES string of the molecule is COC(=O)CC(NCC(CO)NC(O)C(CCCN=C(N)N)NC(=O)CNC(=O)C(C)NC(=O)C(CCN)NCC(NC(=O)C(CCC(=O)O)NC(=O)C(CCCN=C(N)N)NC(=O)C(CC(C)C)NC(=O)C(CCCCN)NC(=O)C(NC(=O)C(C)N)C(C)O)C(C)O)C(N)=O. The highest BCUT2D eigenvalue weighted by Gasteiger charge is 2.36. The molecular formula is C57H110N22O18. The number of aliphatic hydroxyl groups is 4. The zero-order chi connectivity index (χ0) is 74.1. The standard InChI is InChI=1S/C57H110N22O18/c1-28(2)22-40(77-52(93)36(12-8-9-18-58)76-55(96)45(32(6)82)79-47(88)29(3)60)54(95)74-37(14-11-21-67-57(64)65)51(92)75-38(15-16-43(84)85)53(94)78-41(31(5)81)25-69-34(17-19-59)49(90)71-30(4)48(89)70-26-42(83)73-35(13-10-20-66-56(62)63)50(91)72-33(27-80)24-68-39(46(61)87)23-44(86)97-7/h28-41,45,50,68-69,72,80-82,91H,8-27,58-60H2,1-7H3,(H2,61,87)(H,70,89)(H,71,90)(H,73,83)(H,74,95)(H,75,92)(H,76,96)(H,77,93)(H,78,94)(H,79,88)(H,84,85)(H4,62,63,66)(H4,64,65,67). The number of nitrogens with zero attached hydrogens (tertiary/aromatic N) is 2. The van der Waals surface area contributed by atoms with Crippen LogP contribution in [0.2, 0.25) is 0 Å². The largest absolute Gasteiger partial charge is 0.481 e. The van der Waals surface area contributed by atoms with Crippen molar-refractivity contribution in [2.24, 2.45) is 61.8 Å². The van der Waals surface area contributed by atoms with Gasteiger partial charge in [-0.2, -0.15) is 0 Å². The van der Waals surface area contributed by atoms with Gasteiger partial charge in [0, 0.05) is 38.6 Å². The molecule has 0 spiro atoms. The van der Waals surface area contributed by atoms with E-state index in [9.17, 15) is 83.1 Å². The van der Waals surface area contributed by atoms with E-state index >= 15 is 0 Å². The van der Waals surface area contributed by atoms with Crippen LogP contribution in [-0.4, -0.2) is 259 Å². The maximum absolute atomic E-state index is 14.3. The summed E-state index contributed by atoms with van der Waals surface area (Å²) in [6.45, 7) is 6.99. The second-order valence-corrected chi connectivity index (χ2v) is 23.7. The normalized spacial score (nSPS) is 15.9. The van der Waals surface area contributed by atoms with E-state index in [1.54, 1.807) is 13.8 Å². The monoisotopic (exact) mass is 1390 g/mol. The van der Waals surface area contributed by atoms with Gasteiger partial charge in [0.15, 0.2) is 11.9 Å². The van der Waals surface area contributed by atoms with Crippen molar-refractivity contribution in [3.63, 3.8) is 0 Å². The third-order valence-corrected chi connectivity index (χ3v) is 14.6. The van der Waals surface area contributed by atoms with Gasteiger partial charge in [-0.3, -0.25) is 72.8 Å². The van der Waals surface area contributed by atoms with E-state index in [1.165, 1.54) is 27.7 Å². The van der Waals surface area contributed by atoms with E-state index in [4.69, 9.17) is 45.9 Å². The Morgan fingerprint density at radius 3 is 1.53 bits per heavy atom. The number of hydrogen-bond acceptors (Lipinski definition) is 25. The number of aliphatic carboxylic acids is 1. The van der Waals surface area contributed by atoms with E-state index in [1.807, 2.05) is 0 Å². The molecule has 0 bridgehead atoms. The van der Waals surface area contributed by atoms with Crippen molar-refractivity contribution in [2.45, 2.75) is 210 Å². The average molecular weight is 1390 g/mol. The van der Waals surface area contributed by atoms with Gasteiger partial charge in [-0.1, -0.05) is 13.8 Å². The van der Waals surface area contributed by atoms with Crippen molar-refractivity contribution in [3.8, 4) is 0 Å². The third kappa shape index (κ3) is 38.3. The minimum absolute atomic E-state index is 0.00173. The molecule has 0 saturated heterocycles. The third-order valence-electron chi connectivity index (χ3n) is 14.6. The minimum Gasteiger partial charge on any atom is -0.481 e. The Morgan fingerprint density at radius 2 is 1.03 bits per heavy atom. The van der Waals surface area contributed by atoms with Crippen molar-refractivity contribution >= 4 is 82.9 Å². The molecule has 0 aliphatic heterocycles. The molecule has 0 aliphatic carbocycles. The number of guanidine groups is 2. The molecule has 15 atom stereocenters. The number of carboxylic acid groups (broad SMARTS) is 1. The van der Waals surface area contributed by atoms with Crippen molar-refractivity contribution in [2.75, 3.05) is 59.5 Å². The lowest BCUT2D eigenvalue weighted by molar-refractivity contribution is -0.143. The molecule has 0 fully saturated rings. The first kappa shape index (κ1) is 88.8. The molecule has 0 aliphatic rings. The van der Waals surface area contributed by atoms with Crippen LogP contribution in [0.5, 0.6) is 0 Å². The van der Waals surface area contributed by atoms with Gasteiger partial charge in [-0.25, -0.2) is 0 Å². The highest BCUT2D eigenvalue weighted by atomic mass is 16.5. The Morgan fingerprint density at radius 1 is 0.515 bits per heavy atom.